The zero-order valence-corrected chi connectivity index (χ0v) is 19.7. The third-order valence-electron chi connectivity index (χ3n) is 6.50. The van der Waals surface area contributed by atoms with Gasteiger partial charge in [-0.15, -0.1) is 0 Å². The van der Waals surface area contributed by atoms with Crippen LogP contribution in [0.3, 0.4) is 0 Å². The highest BCUT2D eigenvalue weighted by Gasteiger charge is 2.53. The van der Waals surface area contributed by atoms with E-state index in [0.29, 0.717) is 6.42 Å². The van der Waals surface area contributed by atoms with Gasteiger partial charge >= 0.3 is 0 Å². The lowest BCUT2D eigenvalue weighted by Gasteiger charge is -2.47. The van der Waals surface area contributed by atoms with Crippen molar-refractivity contribution in [3.8, 4) is 0 Å². The van der Waals surface area contributed by atoms with Crippen LogP contribution in [0.5, 0.6) is 0 Å². The third kappa shape index (κ3) is 8.99. The van der Waals surface area contributed by atoms with Gasteiger partial charge < -0.3 is 41.1 Å². The van der Waals surface area contributed by atoms with Crippen LogP contribution < -0.4 is 5.73 Å². The highest BCUT2D eigenvalue weighted by molar-refractivity contribution is 5.15. The maximum Gasteiger partial charge on any atom is 0.129 e. The van der Waals surface area contributed by atoms with Gasteiger partial charge in [-0.05, 0) is 12.8 Å². The van der Waals surface area contributed by atoms with Gasteiger partial charge in [0.05, 0.1) is 19.3 Å². The average molecular weight is 462 g/mol. The van der Waals surface area contributed by atoms with Crippen molar-refractivity contribution >= 4 is 0 Å². The smallest absolute Gasteiger partial charge is 0.129 e. The topological polar surface area (TPSA) is 157 Å². The minimum atomic E-state index is -1.97. The lowest BCUT2D eigenvalue weighted by atomic mass is 9.80. The first kappa shape index (κ1) is 29.5. The number of unbranched alkanes of at least 4 members (excludes halogenated alkanes) is 11. The van der Waals surface area contributed by atoms with Crippen molar-refractivity contribution in [2.24, 2.45) is 5.73 Å². The van der Waals surface area contributed by atoms with E-state index >= 15 is 0 Å². The SMILES string of the molecule is CCCCCCCCCCCCC/C=C/[C@](O)(C1O[C@H](CO)[C@@H](O)[C@H](O)[C@H]1O)[C@@H](N)CO. The van der Waals surface area contributed by atoms with E-state index in [1.54, 1.807) is 6.08 Å². The lowest BCUT2D eigenvalue weighted by molar-refractivity contribution is -0.265. The summed E-state index contributed by atoms with van der Waals surface area (Å²) in [5.74, 6) is 0. The summed E-state index contributed by atoms with van der Waals surface area (Å²) in [6.07, 6.45) is 10.1. The fourth-order valence-corrected chi connectivity index (χ4v) is 4.26. The molecule has 1 unspecified atom stereocenters. The van der Waals surface area contributed by atoms with Gasteiger partial charge in [0.1, 0.15) is 36.1 Å². The zero-order chi connectivity index (χ0) is 24.0. The van der Waals surface area contributed by atoms with Gasteiger partial charge in [0.2, 0.25) is 0 Å². The maximum absolute atomic E-state index is 11.1. The number of aliphatic hydroxyl groups excluding tert-OH is 5. The van der Waals surface area contributed by atoms with Gasteiger partial charge in [-0.3, -0.25) is 0 Å². The van der Waals surface area contributed by atoms with E-state index < -0.39 is 55.4 Å². The summed E-state index contributed by atoms with van der Waals surface area (Å²) < 4.78 is 5.48. The average Bonchev–Trinajstić information content (AvgIpc) is 2.80. The van der Waals surface area contributed by atoms with Gasteiger partial charge in [0, 0.05) is 0 Å². The third-order valence-corrected chi connectivity index (χ3v) is 6.50. The van der Waals surface area contributed by atoms with Gasteiger partial charge in [-0.25, -0.2) is 0 Å². The summed E-state index contributed by atoms with van der Waals surface area (Å²) >= 11 is 0. The van der Waals surface area contributed by atoms with Crippen molar-refractivity contribution in [3.05, 3.63) is 12.2 Å². The van der Waals surface area contributed by atoms with E-state index in [4.69, 9.17) is 10.5 Å². The van der Waals surface area contributed by atoms with E-state index in [1.807, 2.05) is 0 Å². The number of ether oxygens (including phenoxy) is 1. The molecule has 8 heteroatoms. The highest BCUT2D eigenvalue weighted by atomic mass is 16.6. The van der Waals surface area contributed by atoms with Crippen molar-refractivity contribution in [2.45, 2.75) is 126 Å². The van der Waals surface area contributed by atoms with Crippen molar-refractivity contribution in [1.29, 1.82) is 0 Å². The normalized spacial score (nSPS) is 29.3. The zero-order valence-electron chi connectivity index (χ0n) is 19.7. The first-order valence-corrected chi connectivity index (χ1v) is 12.4. The van der Waals surface area contributed by atoms with Gasteiger partial charge in [0.25, 0.3) is 0 Å². The fourth-order valence-electron chi connectivity index (χ4n) is 4.26. The van der Waals surface area contributed by atoms with Crippen LogP contribution in [-0.4, -0.2) is 86.0 Å². The van der Waals surface area contributed by atoms with Crippen LogP contribution in [0.25, 0.3) is 0 Å². The molecular weight excluding hydrogens is 414 g/mol. The Kier molecular flexibility index (Phi) is 14.8. The summed E-state index contributed by atoms with van der Waals surface area (Å²) in [7, 11) is 0. The molecule has 0 aromatic heterocycles. The van der Waals surface area contributed by atoms with Crippen LogP contribution in [0, 0.1) is 0 Å². The Morgan fingerprint density at radius 3 is 1.88 bits per heavy atom. The number of aliphatic hydroxyl groups is 6. The lowest BCUT2D eigenvalue weighted by Crippen LogP contribution is -2.69. The van der Waals surface area contributed by atoms with E-state index in [1.165, 1.54) is 57.4 Å². The molecule has 0 amide bonds. The molecular formula is C24H47NO7. The Morgan fingerprint density at radius 1 is 0.844 bits per heavy atom. The van der Waals surface area contributed by atoms with Crippen molar-refractivity contribution in [2.75, 3.05) is 13.2 Å². The molecule has 1 saturated heterocycles. The molecule has 0 radical (unpaired) electrons. The molecule has 1 aliphatic rings. The Balaban J connectivity index is 2.46. The predicted molar refractivity (Wildman–Crippen MR) is 124 cm³/mol. The molecule has 190 valence electrons. The molecule has 8 nitrogen and oxygen atoms in total. The van der Waals surface area contributed by atoms with E-state index in [0.717, 1.165) is 19.3 Å². The molecule has 0 saturated carbocycles. The summed E-state index contributed by atoms with van der Waals surface area (Å²) in [6.45, 7) is 1.05. The maximum atomic E-state index is 11.1. The molecule has 0 aromatic rings. The molecule has 1 fully saturated rings. The second-order valence-electron chi connectivity index (χ2n) is 9.15. The molecule has 32 heavy (non-hydrogen) atoms. The second kappa shape index (κ2) is 16.1. The number of hydrogen-bond acceptors (Lipinski definition) is 8. The van der Waals surface area contributed by atoms with Crippen LogP contribution in [0.15, 0.2) is 12.2 Å². The highest BCUT2D eigenvalue weighted by Crippen LogP contribution is 2.31. The number of rotatable bonds is 17. The monoisotopic (exact) mass is 461 g/mol. The molecule has 1 aliphatic heterocycles. The van der Waals surface area contributed by atoms with Crippen LogP contribution >= 0.6 is 0 Å². The largest absolute Gasteiger partial charge is 0.395 e. The first-order chi connectivity index (χ1) is 15.3. The quantitative estimate of drug-likeness (QED) is 0.126. The van der Waals surface area contributed by atoms with Crippen molar-refractivity contribution < 1.29 is 35.4 Å². The Hall–Kier alpha value is -0.580. The minimum Gasteiger partial charge on any atom is -0.395 e. The van der Waals surface area contributed by atoms with Crippen molar-refractivity contribution in [3.63, 3.8) is 0 Å². The Labute approximate surface area is 193 Å². The van der Waals surface area contributed by atoms with Crippen LogP contribution in [0.1, 0.15) is 84.0 Å². The summed E-state index contributed by atoms with van der Waals surface area (Å²) in [5, 5.41) is 60.4. The number of hydrogen-bond donors (Lipinski definition) is 7. The summed E-state index contributed by atoms with van der Waals surface area (Å²) in [4.78, 5) is 0. The molecule has 0 aromatic carbocycles. The molecule has 7 atom stereocenters. The van der Waals surface area contributed by atoms with E-state index in [9.17, 15) is 30.6 Å². The molecule has 0 spiro atoms. The van der Waals surface area contributed by atoms with Crippen molar-refractivity contribution in [1.82, 2.24) is 0 Å². The standard InChI is InChI=1S/C24H47NO7/c1-2-3-4-5-6-7-8-9-10-11-12-13-14-15-24(31,19(25)17-27)23-22(30)21(29)20(28)18(16-26)32-23/h14-15,18-23,26-31H,2-13,16-17,25H2,1H3/b15-14+/t18-,19+,20-,21+,22-,23?,24-/m1/s1. The Morgan fingerprint density at radius 2 is 1.38 bits per heavy atom. The first-order valence-electron chi connectivity index (χ1n) is 12.4. The minimum absolute atomic E-state index is 0.575. The molecule has 1 rings (SSSR count). The predicted octanol–water partition coefficient (Wildman–Crippen LogP) is 1.14. The van der Waals surface area contributed by atoms with Gasteiger partial charge in [-0.1, -0.05) is 83.3 Å². The molecule has 8 N–H and O–H groups in total. The second-order valence-corrected chi connectivity index (χ2v) is 9.15. The molecule has 0 bridgehead atoms. The number of nitrogens with two attached hydrogens (primary N) is 1. The molecule has 0 aliphatic carbocycles. The molecule has 1 heterocycles. The van der Waals surface area contributed by atoms with Crippen LogP contribution in [0.2, 0.25) is 0 Å². The van der Waals surface area contributed by atoms with Gasteiger partial charge in [-0.2, -0.15) is 0 Å². The summed E-state index contributed by atoms with van der Waals surface area (Å²) in [6, 6.07) is -1.18. The summed E-state index contributed by atoms with van der Waals surface area (Å²) in [5.41, 5.74) is 3.94. The van der Waals surface area contributed by atoms with E-state index in [2.05, 4.69) is 6.92 Å². The Bertz CT molecular complexity index is 505. The van der Waals surface area contributed by atoms with Gasteiger partial charge in [0.15, 0.2) is 0 Å². The van der Waals surface area contributed by atoms with Crippen LogP contribution in [-0.2, 0) is 4.74 Å². The number of allylic oxidation sites excluding steroid dienone is 1. The van der Waals surface area contributed by atoms with E-state index in [-0.39, 0.29) is 0 Å². The fraction of sp³-hybridized carbons (Fsp3) is 0.917. The van der Waals surface area contributed by atoms with Crippen LogP contribution in [0.4, 0.5) is 0 Å².